The van der Waals surface area contributed by atoms with Gasteiger partial charge in [0.15, 0.2) is 0 Å². The van der Waals surface area contributed by atoms with Crippen molar-refractivity contribution in [3.8, 4) is 0 Å². The van der Waals surface area contributed by atoms with Gasteiger partial charge in [-0.1, -0.05) is 42.5 Å². The molecule has 0 fully saturated rings. The van der Waals surface area contributed by atoms with E-state index in [2.05, 4.69) is 6.58 Å². The molecule has 0 unspecified atom stereocenters. The van der Waals surface area contributed by atoms with Crippen LogP contribution in [0.5, 0.6) is 0 Å². The Morgan fingerprint density at radius 1 is 1.16 bits per heavy atom. The Balaban J connectivity index is 2.39. The van der Waals surface area contributed by atoms with Gasteiger partial charge in [0.25, 0.3) is 10.0 Å². The maximum Gasteiger partial charge on any atom is 0.267 e. The SMILES string of the molecule is C=C/C=C/c1ccn(S(=O)(=O)c2ccc(C)cc2)c1. The summed E-state index contributed by atoms with van der Waals surface area (Å²) in [5.74, 6) is 0. The molecule has 1 aromatic carbocycles. The fourth-order valence-corrected chi connectivity index (χ4v) is 2.86. The normalized spacial score (nSPS) is 11.8. The van der Waals surface area contributed by atoms with E-state index in [1.165, 1.54) is 10.2 Å². The molecular weight excluding hydrogens is 258 g/mol. The fourth-order valence-electron chi connectivity index (χ4n) is 1.65. The predicted octanol–water partition coefficient (Wildman–Crippen LogP) is 3.23. The van der Waals surface area contributed by atoms with Crippen LogP contribution >= 0.6 is 0 Å². The first-order valence-electron chi connectivity index (χ1n) is 5.83. The van der Waals surface area contributed by atoms with Gasteiger partial charge in [-0.15, -0.1) is 0 Å². The molecule has 0 aliphatic rings. The van der Waals surface area contributed by atoms with E-state index in [1.54, 1.807) is 54.8 Å². The topological polar surface area (TPSA) is 39.1 Å². The lowest BCUT2D eigenvalue weighted by molar-refractivity contribution is 0.587. The Labute approximate surface area is 113 Å². The summed E-state index contributed by atoms with van der Waals surface area (Å²) in [7, 11) is -3.50. The van der Waals surface area contributed by atoms with E-state index in [-0.39, 0.29) is 4.90 Å². The second-order valence-corrected chi connectivity index (χ2v) is 6.03. The minimum absolute atomic E-state index is 0.285. The van der Waals surface area contributed by atoms with Gasteiger partial charge in [-0.2, -0.15) is 0 Å². The molecule has 2 rings (SSSR count). The van der Waals surface area contributed by atoms with E-state index in [4.69, 9.17) is 0 Å². The van der Waals surface area contributed by atoms with Crippen LogP contribution in [0.3, 0.4) is 0 Å². The first kappa shape index (κ1) is 13.4. The van der Waals surface area contributed by atoms with Crippen molar-refractivity contribution in [2.75, 3.05) is 0 Å². The highest BCUT2D eigenvalue weighted by Gasteiger charge is 2.15. The van der Waals surface area contributed by atoms with E-state index in [0.29, 0.717) is 0 Å². The third-order valence-corrected chi connectivity index (χ3v) is 4.36. The molecule has 0 amide bonds. The lowest BCUT2D eigenvalue weighted by Gasteiger charge is -2.05. The van der Waals surface area contributed by atoms with E-state index in [1.807, 2.05) is 6.92 Å². The van der Waals surface area contributed by atoms with Crippen molar-refractivity contribution >= 4 is 16.1 Å². The number of rotatable bonds is 4. The minimum Gasteiger partial charge on any atom is -0.248 e. The Morgan fingerprint density at radius 3 is 2.47 bits per heavy atom. The summed E-state index contributed by atoms with van der Waals surface area (Å²) in [4.78, 5) is 0.285. The summed E-state index contributed by atoms with van der Waals surface area (Å²) >= 11 is 0. The molecule has 0 bridgehead atoms. The molecule has 0 radical (unpaired) electrons. The average Bonchev–Trinajstić information content (AvgIpc) is 2.86. The van der Waals surface area contributed by atoms with Crippen LogP contribution in [0.1, 0.15) is 11.1 Å². The summed E-state index contributed by atoms with van der Waals surface area (Å²) in [5, 5.41) is 0. The summed E-state index contributed by atoms with van der Waals surface area (Å²) in [6.45, 7) is 5.50. The van der Waals surface area contributed by atoms with Gasteiger partial charge in [0.05, 0.1) is 4.90 Å². The zero-order valence-corrected chi connectivity index (χ0v) is 11.5. The molecule has 98 valence electrons. The molecule has 0 atom stereocenters. The molecule has 19 heavy (non-hydrogen) atoms. The van der Waals surface area contributed by atoms with Crippen LogP contribution < -0.4 is 0 Å². The fraction of sp³-hybridized carbons (Fsp3) is 0.0667. The van der Waals surface area contributed by atoms with Crippen molar-refractivity contribution in [3.05, 3.63) is 72.6 Å². The average molecular weight is 273 g/mol. The van der Waals surface area contributed by atoms with Crippen molar-refractivity contribution in [2.45, 2.75) is 11.8 Å². The zero-order chi connectivity index (χ0) is 13.9. The van der Waals surface area contributed by atoms with Crippen LogP contribution in [-0.2, 0) is 10.0 Å². The van der Waals surface area contributed by atoms with E-state index in [9.17, 15) is 8.42 Å². The van der Waals surface area contributed by atoms with E-state index >= 15 is 0 Å². The van der Waals surface area contributed by atoms with E-state index < -0.39 is 10.0 Å². The quantitative estimate of drug-likeness (QED) is 0.802. The molecule has 4 heteroatoms. The number of allylic oxidation sites excluding steroid dienone is 2. The summed E-state index contributed by atoms with van der Waals surface area (Å²) in [6, 6.07) is 8.55. The molecule has 2 aromatic rings. The molecule has 1 aromatic heterocycles. The first-order valence-corrected chi connectivity index (χ1v) is 7.27. The van der Waals surface area contributed by atoms with Gasteiger partial charge in [-0.3, -0.25) is 0 Å². The first-order chi connectivity index (χ1) is 9.04. The predicted molar refractivity (Wildman–Crippen MR) is 77.4 cm³/mol. The highest BCUT2D eigenvalue weighted by molar-refractivity contribution is 7.90. The maximum absolute atomic E-state index is 12.4. The largest absolute Gasteiger partial charge is 0.267 e. The smallest absolute Gasteiger partial charge is 0.248 e. The maximum atomic E-state index is 12.4. The highest BCUT2D eigenvalue weighted by atomic mass is 32.2. The number of nitrogens with zero attached hydrogens (tertiary/aromatic N) is 1. The molecular formula is C15H15NO2S. The monoisotopic (exact) mass is 273 g/mol. The Hall–Kier alpha value is -2.07. The summed E-state index contributed by atoms with van der Waals surface area (Å²) < 4.78 is 25.9. The van der Waals surface area contributed by atoms with Crippen molar-refractivity contribution in [1.29, 1.82) is 0 Å². The minimum atomic E-state index is -3.50. The van der Waals surface area contributed by atoms with Crippen LogP contribution in [0.15, 0.2) is 66.4 Å². The number of aryl methyl sites for hydroxylation is 1. The Morgan fingerprint density at radius 2 is 1.84 bits per heavy atom. The lowest BCUT2D eigenvalue weighted by Crippen LogP contribution is -2.10. The molecule has 1 heterocycles. The van der Waals surface area contributed by atoms with Gasteiger partial charge in [0.2, 0.25) is 0 Å². The van der Waals surface area contributed by atoms with Crippen LogP contribution in [0.2, 0.25) is 0 Å². The molecule has 0 aliphatic heterocycles. The van der Waals surface area contributed by atoms with Crippen molar-refractivity contribution in [3.63, 3.8) is 0 Å². The lowest BCUT2D eigenvalue weighted by atomic mass is 10.2. The third-order valence-electron chi connectivity index (χ3n) is 2.71. The van der Waals surface area contributed by atoms with Crippen LogP contribution in [0, 0.1) is 6.92 Å². The van der Waals surface area contributed by atoms with Crippen LogP contribution in [-0.4, -0.2) is 12.4 Å². The van der Waals surface area contributed by atoms with Crippen molar-refractivity contribution in [1.82, 2.24) is 3.97 Å². The van der Waals surface area contributed by atoms with E-state index in [0.717, 1.165) is 11.1 Å². The summed E-state index contributed by atoms with van der Waals surface area (Å²) in [6.07, 6.45) is 8.32. The number of aromatic nitrogens is 1. The molecule has 0 N–H and O–H groups in total. The Kier molecular flexibility index (Phi) is 3.71. The van der Waals surface area contributed by atoms with Crippen molar-refractivity contribution in [2.24, 2.45) is 0 Å². The molecule has 0 aliphatic carbocycles. The number of hydrogen-bond acceptors (Lipinski definition) is 2. The van der Waals surface area contributed by atoms with Crippen molar-refractivity contribution < 1.29 is 8.42 Å². The summed E-state index contributed by atoms with van der Waals surface area (Å²) in [5.41, 5.74) is 1.84. The highest BCUT2D eigenvalue weighted by Crippen LogP contribution is 2.16. The number of hydrogen-bond donors (Lipinski definition) is 0. The molecule has 0 saturated carbocycles. The second kappa shape index (κ2) is 5.28. The molecule has 0 spiro atoms. The zero-order valence-electron chi connectivity index (χ0n) is 10.7. The van der Waals surface area contributed by atoms with Gasteiger partial charge in [-0.25, -0.2) is 12.4 Å². The standard InChI is InChI=1S/C15H15NO2S/c1-3-4-5-14-10-11-16(12-14)19(17,18)15-8-6-13(2)7-9-15/h3-12H,1H2,2H3/b5-4+. The van der Waals surface area contributed by atoms with Gasteiger partial charge in [0.1, 0.15) is 0 Å². The molecule has 3 nitrogen and oxygen atoms in total. The van der Waals surface area contributed by atoms with Crippen LogP contribution in [0.25, 0.3) is 6.08 Å². The third kappa shape index (κ3) is 2.85. The van der Waals surface area contributed by atoms with Gasteiger partial charge in [0, 0.05) is 12.4 Å². The second-order valence-electron chi connectivity index (χ2n) is 4.19. The van der Waals surface area contributed by atoms with Gasteiger partial charge >= 0.3 is 0 Å². The molecule has 0 saturated heterocycles. The Bertz CT molecular complexity index is 707. The number of benzene rings is 1. The van der Waals surface area contributed by atoms with Crippen LogP contribution in [0.4, 0.5) is 0 Å². The van der Waals surface area contributed by atoms with Gasteiger partial charge < -0.3 is 0 Å². The van der Waals surface area contributed by atoms with Gasteiger partial charge in [-0.05, 0) is 30.7 Å².